The molecule has 0 fully saturated rings. The molecule has 0 radical (unpaired) electrons. The van der Waals surface area contributed by atoms with Gasteiger partial charge in [-0.1, -0.05) is 11.6 Å². The van der Waals surface area contributed by atoms with Gasteiger partial charge in [0.15, 0.2) is 17.2 Å². The lowest BCUT2D eigenvalue weighted by atomic mass is 9.92. The van der Waals surface area contributed by atoms with Crippen LogP contribution in [0.25, 0.3) is 11.3 Å². The van der Waals surface area contributed by atoms with Gasteiger partial charge in [0, 0.05) is 30.4 Å². The zero-order chi connectivity index (χ0) is 28.5. The molecule has 0 spiro atoms. The van der Waals surface area contributed by atoms with E-state index in [9.17, 15) is 22.0 Å². The second kappa shape index (κ2) is 10.8. The minimum atomic E-state index is -4.80. The average Bonchev–Trinajstić information content (AvgIpc) is 3.11. The van der Waals surface area contributed by atoms with Gasteiger partial charge in [0.05, 0.1) is 17.9 Å². The number of ketones is 1. The van der Waals surface area contributed by atoms with Crippen molar-refractivity contribution in [3.05, 3.63) is 76.3 Å². The Balaban J connectivity index is 1.83. The molecule has 1 aromatic heterocycles. The van der Waals surface area contributed by atoms with Crippen molar-refractivity contribution in [2.45, 2.75) is 24.3 Å². The summed E-state index contributed by atoms with van der Waals surface area (Å²) in [7, 11) is -3.27. The number of Topliss-reactive ketones (excluding diaryl/α,β-unsaturated/α-hetero) is 1. The lowest BCUT2D eigenvalue weighted by Gasteiger charge is -2.17. The predicted molar refractivity (Wildman–Crippen MR) is 138 cm³/mol. The molecular weight excluding hydrogens is 561 g/mol. The van der Waals surface area contributed by atoms with Crippen LogP contribution in [0.5, 0.6) is 0 Å². The molecule has 2 N–H and O–H groups in total. The number of carbonyl (C=O) groups is 1. The maximum absolute atomic E-state index is 15.9. The molecule has 1 aliphatic rings. The highest BCUT2D eigenvalue weighted by Gasteiger charge is 2.44. The van der Waals surface area contributed by atoms with E-state index >= 15 is 4.39 Å². The monoisotopic (exact) mass is 582 g/mol. The Hall–Kier alpha value is -3.68. The number of benzene rings is 2. The molecule has 14 heteroatoms. The van der Waals surface area contributed by atoms with Gasteiger partial charge < -0.3 is 14.8 Å². The highest BCUT2D eigenvalue weighted by Crippen LogP contribution is 2.43. The van der Waals surface area contributed by atoms with Gasteiger partial charge in [-0.25, -0.2) is 31.6 Å². The number of nitrogens with one attached hydrogen (secondary N) is 2. The van der Waals surface area contributed by atoms with Crippen molar-refractivity contribution < 1.29 is 35.9 Å². The van der Waals surface area contributed by atoms with Gasteiger partial charge >= 0.3 is 0 Å². The molecule has 0 amide bonds. The summed E-state index contributed by atoms with van der Waals surface area (Å²) in [4.78, 5) is 20.8. The fourth-order valence-corrected chi connectivity index (χ4v) is 5.10. The number of carbonyl (C=O) groups excluding carboxylic acids is 1. The molecule has 0 atom stereocenters. The summed E-state index contributed by atoms with van der Waals surface area (Å²) < 4.78 is 82.0. The molecular formula is C25H22ClF3N4O5S. The summed E-state index contributed by atoms with van der Waals surface area (Å²) in [5, 5.41) is 2.78. The van der Waals surface area contributed by atoms with E-state index in [0.29, 0.717) is 25.3 Å². The second-order valence-corrected chi connectivity index (χ2v) is 10.9. The topological polar surface area (TPSA) is 120 Å². The number of nitrogens with zero attached hydrogens (tertiary/aromatic N) is 2. The smallest absolute Gasteiger partial charge is 0.265 e. The standard InChI is InChI=1S/C25H22ClF3N4O5S/c1-25(2)23(34)20(22(38-25)17-6-7-30-24(32-17)31-8-9-37-3)15-10-13(26)11-18(21(15)29)33-39(35,36)19-12-14(27)4-5-16(19)28/h4-7,10-12,33H,8-9H2,1-3H3,(H,30,31,32). The van der Waals surface area contributed by atoms with Crippen LogP contribution in [0, 0.1) is 17.5 Å². The fraction of sp³-hybridized carbons (Fsp3) is 0.240. The third kappa shape index (κ3) is 5.84. The van der Waals surface area contributed by atoms with E-state index in [0.717, 1.165) is 18.2 Å². The molecule has 0 bridgehead atoms. The molecule has 0 saturated heterocycles. The third-order valence-electron chi connectivity index (χ3n) is 5.57. The Kier molecular flexibility index (Phi) is 7.87. The molecule has 9 nitrogen and oxygen atoms in total. The number of aromatic nitrogens is 2. The first kappa shape index (κ1) is 28.3. The van der Waals surface area contributed by atoms with E-state index in [1.54, 1.807) is 0 Å². The first-order valence-electron chi connectivity index (χ1n) is 11.4. The fourth-order valence-electron chi connectivity index (χ4n) is 3.75. The molecule has 2 heterocycles. The Morgan fingerprint density at radius 3 is 2.59 bits per heavy atom. The van der Waals surface area contributed by atoms with Crippen molar-refractivity contribution in [1.29, 1.82) is 0 Å². The Morgan fingerprint density at radius 2 is 1.87 bits per heavy atom. The second-order valence-electron chi connectivity index (χ2n) is 8.83. The Bertz CT molecular complexity index is 1600. The predicted octanol–water partition coefficient (Wildman–Crippen LogP) is 4.65. The highest BCUT2D eigenvalue weighted by molar-refractivity contribution is 7.92. The van der Waals surface area contributed by atoms with Crippen LogP contribution < -0.4 is 10.0 Å². The van der Waals surface area contributed by atoms with Crippen molar-refractivity contribution in [2.75, 3.05) is 30.3 Å². The van der Waals surface area contributed by atoms with Gasteiger partial charge in [0.2, 0.25) is 11.7 Å². The van der Waals surface area contributed by atoms with Crippen LogP contribution in [0.2, 0.25) is 5.02 Å². The van der Waals surface area contributed by atoms with E-state index < -0.39 is 55.0 Å². The van der Waals surface area contributed by atoms with Gasteiger partial charge in [0.1, 0.15) is 22.2 Å². The highest BCUT2D eigenvalue weighted by atomic mass is 35.5. The molecule has 2 aromatic carbocycles. The van der Waals surface area contributed by atoms with Crippen molar-refractivity contribution >= 4 is 50.4 Å². The van der Waals surface area contributed by atoms with Gasteiger partial charge in [-0.15, -0.1) is 0 Å². The molecule has 0 saturated carbocycles. The average molecular weight is 583 g/mol. The summed E-state index contributed by atoms with van der Waals surface area (Å²) >= 11 is 6.18. The number of methoxy groups -OCH3 is 1. The normalized spacial score (nSPS) is 14.9. The van der Waals surface area contributed by atoms with Gasteiger partial charge in [-0.3, -0.25) is 9.52 Å². The molecule has 4 rings (SSSR count). The molecule has 39 heavy (non-hydrogen) atoms. The number of rotatable bonds is 9. The quantitative estimate of drug-likeness (QED) is 0.350. The maximum atomic E-state index is 15.9. The molecule has 206 valence electrons. The number of ether oxygens (including phenoxy) is 2. The minimum Gasteiger partial charge on any atom is -0.477 e. The zero-order valence-corrected chi connectivity index (χ0v) is 22.4. The lowest BCUT2D eigenvalue weighted by Crippen LogP contribution is -2.29. The summed E-state index contributed by atoms with van der Waals surface area (Å²) in [6.07, 6.45) is 1.41. The summed E-state index contributed by atoms with van der Waals surface area (Å²) in [6.45, 7) is 3.70. The first-order valence-corrected chi connectivity index (χ1v) is 13.2. The van der Waals surface area contributed by atoms with Gasteiger partial charge in [-0.05, 0) is 50.2 Å². The molecule has 3 aromatic rings. The van der Waals surface area contributed by atoms with Crippen molar-refractivity contribution in [3.63, 3.8) is 0 Å². The first-order chi connectivity index (χ1) is 18.3. The summed E-state index contributed by atoms with van der Waals surface area (Å²) in [5.74, 6) is -4.00. The maximum Gasteiger partial charge on any atom is 0.265 e. The van der Waals surface area contributed by atoms with E-state index in [-0.39, 0.29) is 28.0 Å². The van der Waals surface area contributed by atoms with Crippen LogP contribution >= 0.6 is 11.6 Å². The molecule has 0 aliphatic carbocycles. The number of halogens is 4. The van der Waals surface area contributed by atoms with Crippen LogP contribution in [0.4, 0.5) is 24.8 Å². The van der Waals surface area contributed by atoms with E-state index in [1.807, 2.05) is 4.72 Å². The Morgan fingerprint density at radius 1 is 1.13 bits per heavy atom. The Labute approximate surface area is 227 Å². The molecule has 0 unspecified atom stereocenters. The summed E-state index contributed by atoms with van der Waals surface area (Å²) in [6, 6.07) is 5.31. The summed E-state index contributed by atoms with van der Waals surface area (Å²) in [5.41, 5.74) is -2.63. The number of hydrogen-bond donors (Lipinski definition) is 2. The van der Waals surface area contributed by atoms with E-state index in [4.69, 9.17) is 21.1 Å². The lowest BCUT2D eigenvalue weighted by molar-refractivity contribution is -0.125. The third-order valence-corrected chi connectivity index (χ3v) is 7.17. The number of sulfonamides is 1. The minimum absolute atomic E-state index is 0.0895. The largest absolute Gasteiger partial charge is 0.477 e. The van der Waals surface area contributed by atoms with Crippen LogP contribution in [-0.2, 0) is 24.3 Å². The van der Waals surface area contributed by atoms with E-state index in [1.165, 1.54) is 33.2 Å². The van der Waals surface area contributed by atoms with E-state index in [2.05, 4.69) is 15.3 Å². The molecule has 1 aliphatic heterocycles. The number of anilines is 2. The van der Waals surface area contributed by atoms with Gasteiger partial charge in [-0.2, -0.15) is 0 Å². The van der Waals surface area contributed by atoms with Crippen molar-refractivity contribution in [2.24, 2.45) is 0 Å². The van der Waals surface area contributed by atoms with Crippen LogP contribution in [0.15, 0.2) is 47.5 Å². The van der Waals surface area contributed by atoms with Crippen molar-refractivity contribution in [3.8, 4) is 0 Å². The number of hydrogen-bond acceptors (Lipinski definition) is 8. The van der Waals surface area contributed by atoms with Gasteiger partial charge in [0.25, 0.3) is 10.0 Å². The van der Waals surface area contributed by atoms with Crippen LogP contribution in [-0.4, -0.2) is 50.0 Å². The van der Waals surface area contributed by atoms with Crippen LogP contribution in [0.1, 0.15) is 25.1 Å². The van der Waals surface area contributed by atoms with Crippen LogP contribution in [0.3, 0.4) is 0 Å². The zero-order valence-electron chi connectivity index (χ0n) is 20.8. The SMILES string of the molecule is COCCNc1nccc(C2=C(c3cc(Cl)cc(NS(=O)(=O)c4cc(F)ccc4F)c3F)C(=O)C(C)(C)O2)n1. The van der Waals surface area contributed by atoms with Crippen molar-refractivity contribution in [1.82, 2.24) is 9.97 Å².